The van der Waals surface area contributed by atoms with E-state index in [0.717, 1.165) is 0 Å². The average Bonchev–Trinajstić information content (AvgIpc) is 2.34. The number of rotatable bonds is 7. The number of nitrogens with zero attached hydrogens (tertiary/aromatic N) is 1. The van der Waals surface area contributed by atoms with E-state index in [1.807, 2.05) is 4.90 Å². The minimum absolute atomic E-state index is 0.0758. The molecule has 19 heavy (non-hydrogen) atoms. The fraction of sp³-hybridized carbons (Fsp3) is 0.385. The molecular weight excluding hydrogens is 268 g/mol. The van der Waals surface area contributed by atoms with E-state index >= 15 is 0 Å². The van der Waals surface area contributed by atoms with Gasteiger partial charge in [-0.15, -0.1) is 0 Å². The molecular formula is C13H17ClN2O3. The monoisotopic (exact) mass is 284 g/mol. The molecule has 1 aromatic rings. The molecule has 2 N–H and O–H groups in total. The van der Waals surface area contributed by atoms with Crippen molar-refractivity contribution in [1.29, 1.82) is 0 Å². The molecule has 0 heterocycles. The number of carboxylic acid groups (broad SMARTS) is 1. The highest BCUT2D eigenvalue weighted by atomic mass is 35.5. The van der Waals surface area contributed by atoms with Crippen LogP contribution in [0.2, 0.25) is 5.02 Å². The molecule has 0 aliphatic carbocycles. The summed E-state index contributed by atoms with van der Waals surface area (Å²) in [6, 6.07) is 6.93. The molecule has 1 rings (SSSR count). The van der Waals surface area contributed by atoms with Crippen LogP contribution in [0, 0.1) is 0 Å². The van der Waals surface area contributed by atoms with Crippen molar-refractivity contribution in [3.05, 3.63) is 29.3 Å². The van der Waals surface area contributed by atoms with E-state index in [1.165, 1.54) is 0 Å². The summed E-state index contributed by atoms with van der Waals surface area (Å²) in [5.41, 5.74) is 0.658. The van der Waals surface area contributed by atoms with Crippen LogP contribution in [0.3, 0.4) is 0 Å². The smallest absolute Gasteiger partial charge is 0.304 e. The molecule has 0 saturated heterocycles. The lowest BCUT2D eigenvalue weighted by molar-refractivity contribution is -0.137. The first-order valence-corrected chi connectivity index (χ1v) is 6.31. The van der Waals surface area contributed by atoms with Gasteiger partial charge in [-0.25, -0.2) is 0 Å². The second-order valence-corrected chi connectivity index (χ2v) is 4.69. The first-order chi connectivity index (χ1) is 8.97. The van der Waals surface area contributed by atoms with Crippen LogP contribution in [-0.4, -0.2) is 42.0 Å². The molecule has 1 aromatic carbocycles. The normalized spacial score (nSPS) is 10.5. The van der Waals surface area contributed by atoms with Gasteiger partial charge in [-0.05, 0) is 25.2 Å². The first kappa shape index (κ1) is 15.5. The van der Waals surface area contributed by atoms with Gasteiger partial charge < -0.3 is 15.3 Å². The van der Waals surface area contributed by atoms with Gasteiger partial charge in [0.2, 0.25) is 5.91 Å². The number of hydrogen-bond donors (Lipinski definition) is 2. The van der Waals surface area contributed by atoms with Crippen LogP contribution in [0.1, 0.15) is 12.8 Å². The van der Waals surface area contributed by atoms with E-state index < -0.39 is 5.97 Å². The molecule has 0 aliphatic heterocycles. The standard InChI is InChI=1S/C13H17ClN2O3/c1-16(8-6-13(18)19)7-5-12(17)15-11-4-2-3-10(14)9-11/h2-4,9H,5-8H2,1H3,(H,15,17)(H,18,19). The van der Waals surface area contributed by atoms with Gasteiger partial charge in [0.25, 0.3) is 0 Å². The van der Waals surface area contributed by atoms with Crippen molar-refractivity contribution >= 4 is 29.2 Å². The van der Waals surface area contributed by atoms with Crippen molar-refractivity contribution in [2.75, 3.05) is 25.5 Å². The Labute approximate surface area is 117 Å². The van der Waals surface area contributed by atoms with E-state index in [9.17, 15) is 9.59 Å². The Hall–Kier alpha value is -1.59. The second kappa shape index (κ2) is 7.76. The molecule has 0 saturated carbocycles. The summed E-state index contributed by atoms with van der Waals surface area (Å²) in [6.07, 6.45) is 0.384. The topological polar surface area (TPSA) is 69.6 Å². The number of anilines is 1. The van der Waals surface area contributed by atoms with Gasteiger partial charge in [0.15, 0.2) is 0 Å². The fourth-order valence-electron chi connectivity index (χ4n) is 1.48. The Morgan fingerprint density at radius 3 is 2.63 bits per heavy atom. The molecule has 0 aromatic heterocycles. The van der Waals surface area contributed by atoms with Gasteiger partial charge in [0.05, 0.1) is 6.42 Å². The average molecular weight is 285 g/mol. The van der Waals surface area contributed by atoms with Gasteiger partial charge in [-0.3, -0.25) is 9.59 Å². The lowest BCUT2D eigenvalue weighted by atomic mass is 10.3. The Kier molecular flexibility index (Phi) is 6.32. The van der Waals surface area contributed by atoms with Crippen LogP contribution < -0.4 is 5.32 Å². The number of halogens is 1. The van der Waals surface area contributed by atoms with Crippen molar-refractivity contribution in [2.45, 2.75) is 12.8 Å². The van der Waals surface area contributed by atoms with Crippen molar-refractivity contribution in [3.63, 3.8) is 0 Å². The number of nitrogens with one attached hydrogen (secondary N) is 1. The molecule has 0 bridgehead atoms. The van der Waals surface area contributed by atoms with Crippen molar-refractivity contribution < 1.29 is 14.7 Å². The summed E-state index contributed by atoms with van der Waals surface area (Å²) in [6.45, 7) is 0.944. The van der Waals surface area contributed by atoms with Gasteiger partial charge in [-0.2, -0.15) is 0 Å². The van der Waals surface area contributed by atoms with E-state index in [1.54, 1.807) is 31.3 Å². The van der Waals surface area contributed by atoms with E-state index in [0.29, 0.717) is 30.2 Å². The molecule has 0 fully saturated rings. The Bertz CT molecular complexity index is 451. The highest BCUT2D eigenvalue weighted by molar-refractivity contribution is 6.30. The third-order valence-corrected chi connectivity index (χ3v) is 2.77. The first-order valence-electron chi connectivity index (χ1n) is 5.93. The molecule has 0 radical (unpaired) electrons. The van der Waals surface area contributed by atoms with Crippen LogP contribution >= 0.6 is 11.6 Å². The third-order valence-electron chi connectivity index (χ3n) is 2.54. The van der Waals surface area contributed by atoms with Crippen molar-refractivity contribution in [2.24, 2.45) is 0 Å². The number of benzene rings is 1. The summed E-state index contributed by atoms with van der Waals surface area (Å²) < 4.78 is 0. The number of carbonyl (C=O) groups excluding carboxylic acids is 1. The SMILES string of the molecule is CN(CCC(=O)O)CCC(=O)Nc1cccc(Cl)c1. The van der Waals surface area contributed by atoms with Crippen LogP contribution in [0.4, 0.5) is 5.69 Å². The molecule has 1 amide bonds. The minimum Gasteiger partial charge on any atom is -0.481 e. The van der Waals surface area contributed by atoms with E-state index in [2.05, 4.69) is 5.32 Å². The lowest BCUT2D eigenvalue weighted by Crippen LogP contribution is -2.26. The summed E-state index contributed by atoms with van der Waals surface area (Å²) >= 11 is 5.81. The van der Waals surface area contributed by atoms with Gasteiger partial charge in [0, 0.05) is 30.2 Å². The quantitative estimate of drug-likeness (QED) is 0.804. The van der Waals surface area contributed by atoms with Crippen LogP contribution in [-0.2, 0) is 9.59 Å². The van der Waals surface area contributed by atoms with Crippen molar-refractivity contribution in [1.82, 2.24) is 4.90 Å². The van der Waals surface area contributed by atoms with Crippen LogP contribution in [0.25, 0.3) is 0 Å². The number of carbonyl (C=O) groups is 2. The molecule has 0 unspecified atom stereocenters. The largest absolute Gasteiger partial charge is 0.481 e. The molecule has 0 atom stereocenters. The Morgan fingerprint density at radius 1 is 1.32 bits per heavy atom. The molecule has 104 valence electrons. The summed E-state index contributed by atoms with van der Waals surface area (Å²) in [5, 5.41) is 11.8. The zero-order valence-corrected chi connectivity index (χ0v) is 11.5. The zero-order chi connectivity index (χ0) is 14.3. The summed E-state index contributed by atoms with van der Waals surface area (Å²) in [7, 11) is 1.79. The van der Waals surface area contributed by atoms with E-state index in [-0.39, 0.29) is 12.3 Å². The number of hydrogen-bond acceptors (Lipinski definition) is 3. The third kappa shape index (κ3) is 6.79. The van der Waals surface area contributed by atoms with Gasteiger partial charge >= 0.3 is 5.97 Å². The van der Waals surface area contributed by atoms with Gasteiger partial charge in [0.1, 0.15) is 0 Å². The maximum absolute atomic E-state index is 11.7. The predicted molar refractivity (Wildman–Crippen MR) is 74.4 cm³/mol. The number of aliphatic carboxylic acids is 1. The van der Waals surface area contributed by atoms with Crippen LogP contribution in [0.5, 0.6) is 0 Å². The fourth-order valence-corrected chi connectivity index (χ4v) is 1.67. The lowest BCUT2D eigenvalue weighted by Gasteiger charge is -2.14. The van der Waals surface area contributed by atoms with Crippen molar-refractivity contribution in [3.8, 4) is 0 Å². The predicted octanol–water partition coefficient (Wildman–Crippen LogP) is 2.08. The maximum Gasteiger partial charge on any atom is 0.304 e. The highest BCUT2D eigenvalue weighted by Gasteiger charge is 2.06. The Balaban J connectivity index is 2.30. The zero-order valence-electron chi connectivity index (χ0n) is 10.7. The molecule has 0 spiro atoms. The molecule has 0 aliphatic rings. The molecule has 5 nitrogen and oxygen atoms in total. The summed E-state index contributed by atoms with van der Waals surface area (Å²) in [5.74, 6) is -0.959. The molecule has 6 heteroatoms. The summed E-state index contributed by atoms with van der Waals surface area (Å²) in [4.78, 5) is 23.9. The maximum atomic E-state index is 11.7. The second-order valence-electron chi connectivity index (χ2n) is 4.26. The van der Waals surface area contributed by atoms with E-state index in [4.69, 9.17) is 16.7 Å². The highest BCUT2D eigenvalue weighted by Crippen LogP contribution is 2.14. The minimum atomic E-state index is -0.838. The number of carboxylic acids is 1. The Morgan fingerprint density at radius 2 is 2.00 bits per heavy atom. The number of amides is 1. The van der Waals surface area contributed by atoms with Crippen LogP contribution in [0.15, 0.2) is 24.3 Å². The van der Waals surface area contributed by atoms with Gasteiger partial charge in [-0.1, -0.05) is 17.7 Å².